The van der Waals surface area contributed by atoms with Crippen molar-refractivity contribution in [1.29, 1.82) is 0 Å². The highest BCUT2D eigenvalue weighted by Crippen LogP contribution is 2.32. The first-order valence-electron chi connectivity index (χ1n) is 7.65. The molecule has 3 nitrogen and oxygen atoms in total. The van der Waals surface area contributed by atoms with E-state index in [2.05, 4.69) is 48.6 Å². The number of thiazole rings is 1. The maximum absolute atomic E-state index is 4.74. The second-order valence-corrected chi connectivity index (χ2v) is 7.36. The Hall–Kier alpha value is -1.98. The summed E-state index contributed by atoms with van der Waals surface area (Å²) in [4.78, 5) is 7.18. The highest BCUT2D eigenvalue weighted by atomic mass is 32.1. The number of hydrazone groups is 1. The Bertz CT molecular complexity index is 771. The zero-order valence-electron chi connectivity index (χ0n) is 13.2. The van der Waals surface area contributed by atoms with Gasteiger partial charge in [0, 0.05) is 15.3 Å². The summed E-state index contributed by atoms with van der Waals surface area (Å²) in [5.41, 5.74) is 6.58. The number of anilines is 1. The molecule has 2 aromatic heterocycles. The molecular weight excluding hydrogens is 322 g/mol. The first-order valence-corrected chi connectivity index (χ1v) is 9.35. The summed E-state index contributed by atoms with van der Waals surface area (Å²) in [6.07, 6.45) is 3.98. The number of nitrogens with one attached hydrogen (secondary N) is 1. The van der Waals surface area contributed by atoms with Gasteiger partial charge in [0.25, 0.3) is 0 Å². The van der Waals surface area contributed by atoms with Gasteiger partial charge in [-0.1, -0.05) is 60.6 Å². The Labute approximate surface area is 144 Å². The van der Waals surface area contributed by atoms with Crippen molar-refractivity contribution in [2.45, 2.75) is 26.7 Å². The maximum Gasteiger partial charge on any atom is 0.204 e. The molecule has 0 saturated carbocycles. The summed E-state index contributed by atoms with van der Waals surface area (Å²) in [6.45, 7) is 4.30. The molecule has 0 aliphatic rings. The van der Waals surface area contributed by atoms with Crippen LogP contribution in [-0.2, 0) is 6.42 Å². The van der Waals surface area contributed by atoms with Crippen LogP contribution in [-0.4, -0.2) is 11.2 Å². The molecule has 118 valence electrons. The Balaban J connectivity index is 1.82. The van der Waals surface area contributed by atoms with Gasteiger partial charge in [-0.25, -0.2) is 4.98 Å². The van der Waals surface area contributed by atoms with E-state index in [-0.39, 0.29) is 0 Å². The van der Waals surface area contributed by atoms with Crippen molar-refractivity contribution in [2.75, 3.05) is 5.43 Å². The van der Waals surface area contributed by atoms with Crippen LogP contribution in [0.15, 0.2) is 46.9 Å². The Kier molecular flexibility index (Phi) is 5.20. The molecule has 3 rings (SSSR count). The first kappa shape index (κ1) is 15.9. The number of hydrogen-bond acceptors (Lipinski definition) is 5. The van der Waals surface area contributed by atoms with E-state index in [1.165, 1.54) is 16.0 Å². The van der Waals surface area contributed by atoms with Crippen molar-refractivity contribution >= 4 is 34.0 Å². The third-order valence-corrected chi connectivity index (χ3v) is 5.22. The largest absolute Gasteiger partial charge is 0.253 e. The molecular formula is C18H19N3S2. The number of nitrogens with zero attached hydrogens (tertiary/aromatic N) is 2. The van der Waals surface area contributed by atoms with Crippen LogP contribution in [0.3, 0.4) is 0 Å². The highest BCUT2D eigenvalue weighted by Gasteiger charge is 2.12. The van der Waals surface area contributed by atoms with Crippen molar-refractivity contribution < 1.29 is 0 Å². The minimum absolute atomic E-state index is 0.844. The summed E-state index contributed by atoms with van der Waals surface area (Å²) in [7, 11) is 0. The fraction of sp³-hybridized carbons (Fsp3) is 0.222. The molecule has 0 spiro atoms. The molecule has 0 amide bonds. The molecule has 0 aliphatic carbocycles. The summed E-state index contributed by atoms with van der Waals surface area (Å²) in [5.74, 6) is 0. The summed E-state index contributed by atoms with van der Waals surface area (Å²) in [6, 6.07) is 12.6. The number of aryl methyl sites for hydroxylation is 2. The van der Waals surface area contributed by atoms with Crippen LogP contribution < -0.4 is 5.43 Å². The summed E-state index contributed by atoms with van der Waals surface area (Å²) in [5, 5.41) is 7.18. The predicted molar refractivity (Wildman–Crippen MR) is 102 cm³/mol. The van der Waals surface area contributed by atoms with Gasteiger partial charge in [-0.2, -0.15) is 5.10 Å². The Morgan fingerprint density at radius 2 is 2.04 bits per heavy atom. The van der Waals surface area contributed by atoms with Gasteiger partial charge in [0.05, 0.1) is 11.9 Å². The quantitative estimate of drug-likeness (QED) is 0.469. The zero-order chi connectivity index (χ0) is 16.1. The number of benzene rings is 1. The minimum Gasteiger partial charge on any atom is -0.253 e. The molecule has 1 aromatic carbocycles. The van der Waals surface area contributed by atoms with Crippen LogP contribution in [0.25, 0.3) is 11.3 Å². The van der Waals surface area contributed by atoms with Crippen LogP contribution in [0, 0.1) is 6.92 Å². The van der Waals surface area contributed by atoms with E-state index < -0.39 is 0 Å². The van der Waals surface area contributed by atoms with E-state index in [0.717, 1.165) is 28.5 Å². The van der Waals surface area contributed by atoms with Crippen molar-refractivity contribution in [3.05, 3.63) is 57.1 Å². The fourth-order valence-electron chi connectivity index (χ4n) is 2.25. The van der Waals surface area contributed by atoms with E-state index in [9.17, 15) is 0 Å². The van der Waals surface area contributed by atoms with Crippen molar-refractivity contribution in [3.8, 4) is 11.3 Å². The van der Waals surface area contributed by atoms with Crippen LogP contribution in [0.1, 0.15) is 28.7 Å². The summed E-state index contributed by atoms with van der Waals surface area (Å²) < 4.78 is 0. The highest BCUT2D eigenvalue weighted by molar-refractivity contribution is 7.16. The van der Waals surface area contributed by atoms with Crippen LogP contribution in [0.4, 0.5) is 5.13 Å². The third-order valence-electron chi connectivity index (χ3n) is 3.39. The molecule has 23 heavy (non-hydrogen) atoms. The molecule has 0 saturated heterocycles. The Morgan fingerprint density at radius 3 is 2.74 bits per heavy atom. The summed E-state index contributed by atoms with van der Waals surface area (Å²) >= 11 is 3.35. The number of thiophene rings is 1. The number of hydrogen-bond donors (Lipinski definition) is 1. The third kappa shape index (κ3) is 4.06. The molecule has 0 radical (unpaired) electrons. The van der Waals surface area contributed by atoms with Crippen LogP contribution in [0.5, 0.6) is 0 Å². The van der Waals surface area contributed by atoms with E-state index in [4.69, 9.17) is 4.98 Å². The van der Waals surface area contributed by atoms with Gasteiger partial charge in [0.1, 0.15) is 0 Å². The molecule has 5 heteroatoms. The predicted octanol–water partition coefficient (Wildman–Crippen LogP) is 5.58. The van der Waals surface area contributed by atoms with E-state index in [1.54, 1.807) is 22.7 Å². The van der Waals surface area contributed by atoms with Gasteiger partial charge >= 0.3 is 0 Å². The molecule has 0 unspecified atom stereocenters. The maximum atomic E-state index is 4.74. The van der Waals surface area contributed by atoms with Crippen LogP contribution in [0.2, 0.25) is 0 Å². The number of aromatic nitrogens is 1. The minimum atomic E-state index is 0.844. The molecule has 1 N–H and O–H groups in total. The van der Waals surface area contributed by atoms with Crippen molar-refractivity contribution in [2.24, 2.45) is 5.10 Å². The lowest BCUT2D eigenvalue weighted by Crippen LogP contribution is -1.89. The van der Waals surface area contributed by atoms with Gasteiger partial charge in [-0.3, -0.25) is 5.43 Å². The lowest BCUT2D eigenvalue weighted by Gasteiger charge is -2.01. The van der Waals surface area contributed by atoms with Gasteiger partial charge in [0.2, 0.25) is 5.13 Å². The molecule has 2 heterocycles. The molecule has 0 aliphatic heterocycles. The molecule has 0 bridgehead atoms. The second kappa shape index (κ2) is 7.53. The monoisotopic (exact) mass is 341 g/mol. The van der Waals surface area contributed by atoms with E-state index in [0.29, 0.717) is 0 Å². The van der Waals surface area contributed by atoms with Crippen LogP contribution >= 0.6 is 22.7 Å². The van der Waals surface area contributed by atoms with E-state index in [1.807, 2.05) is 23.7 Å². The molecule has 3 aromatic rings. The van der Waals surface area contributed by atoms with E-state index >= 15 is 0 Å². The topological polar surface area (TPSA) is 37.3 Å². The second-order valence-electron chi connectivity index (χ2n) is 5.29. The standard InChI is InChI=1S/C18H19N3S2/c1-3-5-16-17(14-9-7-13(2)8-10-14)20-18(23-16)21-19-12-15-6-4-11-22-15/h4,6-12H,3,5H2,1-2H3,(H,20,21)/b19-12-. The van der Waals surface area contributed by atoms with Gasteiger partial charge in [-0.05, 0) is 24.8 Å². The SMILES string of the molecule is CCCc1sc(N/N=C\c2cccs2)nc1-c1ccc(C)cc1. The smallest absolute Gasteiger partial charge is 0.204 e. The normalized spacial score (nSPS) is 11.2. The number of rotatable bonds is 6. The van der Waals surface area contributed by atoms with Gasteiger partial charge in [0.15, 0.2) is 0 Å². The fourth-order valence-corrected chi connectivity index (χ4v) is 3.87. The molecule has 0 atom stereocenters. The lowest BCUT2D eigenvalue weighted by molar-refractivity contribution is 0.938. The van der Waals surface area contributed by atoms with Gasteiger partial charge < -0.3 is 0 Å². The Morgan fingerprint density at radius 1 is 1.22 bits per heavy atom. The van der Waals surface area contributed by atoms with Crippen molar-refractivity contribution in [1.82, 2.24) is 4.98 Å². The van der Waals surface area contributed by atoms with Crippen molar-refractivity contribution in [3.63, 3.8) is 0 Å². The lowest BCUT2D eigenvalue weighted by atomic mass is 10.1. The average molecular weight is 342 g/mol. The first-order chi connectivity index (χ1) is 11.3. The zero-order valence-corrected chi connectivity index (χ0v) is 14.9. The average Bonchev–Trinajstić information content (AvgIpc) is 3.19. The van der Waals surface area contributed by atoms with Gasteiger partial charge in [-0.15, -0.1) is 11.3 Å². The molecule has 0 fully saturated rings.